The molecule has 1 unspecified atom stereocenters. The van der Waals surface area contributed by atoms with Crippen molar-refractivity contribution in [3.63, 3.8) is 0 Å². The van der Waals surface area contributed by atoms with Crippen LogP contribution in [0.3, 0.4) is 0 Å². The average molecular weight is 248 g/mol. The van der Waals surface area contributed by atoms with E-state index in [2.05, 4.69) is 17.2 Å². The van der Waals surface area contributed by atoms with Crippen molar-refractivity contribution in [2.24, 2.45) is 4.99 Å². The van der Waals surface area contributed by atoms with Crippen LogP contribution in [-0.2, 0) is 4.79 Å². The molecule has 1 atom stereocenters. The molecule has 1 fully saturated rings. The van der Waals surface area contributed by atoms with Gasteiger partial charge in [0.2, 0.25) is 5.91 Å². The number of aliphatic imine (C=N–C) groups is 1. The Morgan fingerprint density at radius 2 is 2.12 bits per heavy atom. The van der Waals surface area contributed by atoms with Gasteiger partial charge in [0.1, 0.15) is 5.25 Å². The van der Waals surface area contributed by atoms with Gasteiger partial charge in [-0.3, -0.25) is 9.79 Å². The number of amidine groups is 1. The third-order valence-electron chi connectivity index (χ3n) is 2.57. The van der Waals surface area contributed by atoms with E-state index in [9.17, 15) is 4.79 Å². The van der Waals surface area contributed by atoms with Crippen LogP contribution in [0.1, 0.15) is 30.6 Å². The van der Waals surface area contributed by atoms with Gasteiger partial charge >= 0.3 is 0 Å². The fourth-order valence-electron chi connectivity index (χ4n) is 1.63. The zero-order valence-corrected chi connectivity index (χ0v) is 10.7. The van der Waals surface area contributed by atoms with Crippen molar-refractivity contribution < 1.29 is 4.79 Å². The summed E-state index contributed by atoms with van der Waals surface area (Å²) in [6.45, 7) is 2.92. The monoisotopic (exact) mass is 248 g/mol. The van der Waals surface area contributed by atoms with E-state index in [0.29, 0.717) is 0 Å². The largest absolute Gasteiger partial charge is 0.304 e. The van der Waals surface area contributed by atoms with Gasteiger partial charge in [0, 0.05) is 6.54 Å². The first-order valence-corrected chi connectivity index (χ1v) is 6.76. The Kier molecular flexibility index (Phi) is 4.20. The Bertz CT molecular complexity index is 417. The summed E-state index contributed by atoms with van der Waals surface area (Å²) >= 11 is 1.51. The second kappa shape index (κ2) is 5.87. The molecule has 1 aromatic carbocycles. The van der Waals surface area contributed by atoms with Gasteiger partial charge in [-0.1, -0.05) is 55.4 Å². The van der Waals surface area contributed by atoms with Gasteiger partial charge in [-0.2, -0.15) is 0 Å². The van der Waals surface area contributed by atoms with E-state index in [-0.39, 0.29) is 11.2 Å². The molecule has 1 saturated heterocycles. The van der Waals surface area contributed by atoms with E-state index in [1.807, 2.05) is 30.3 Å². The van der Waals surface area contributed by atoms with Crippen molar-refractivity contribution in [3.05, 3.63) is 35.9 Å². The third kappa shape index (κ3) is 3.09. The van der Waals surface area contributed by atoms with E-state index in [4.69, 9.17) is 0 Å². The molecule has 1 N–H and O–H groups in total. The molecule has 0 saturated carbocycles. The lowest BCUT2D eigenvalue weighted by atomic mass is 10.1. The molecular formula is C13H16N2OS. The minimum atomic E-state index is -0.142. The van der Waals surface area contributed by atoms with Crippen molar-refractivity contribution in [2.75, 3.05) is 6.54 Å². The van der Waals surface area contributed by atoms with Crippen LogP contribution in [0.25, 0.3) is 0 Å². The van der Waals surface area contributed by atoms with Crippen LogP contribution in [0.15, 0.2) is 35.3 Å². The van der Waals surface area contributed by atoms with Gasteiger partial charge in [0.15, 0.2) is 5.17 Å². The van der Waals surface area contributed by atoms with Gasteiger partial charge in [-0.25, -0.2) is 0 Å². The number of amides is 1. The summed E-state index contributed by atoms with van der Waals surface area (Å²) in [5.41, 5.74) is 1.04. The standard InChI is InChI=1S/C13H16N2OS/c1-2-3-9-14-13-15-12(16)11(17-13)10-7-5-4-6-8-10/h4-8,11H,2-3,9H2,1H3,(H,14,15,16). The van der Waals surface area contributed by atoms with Crippen molar-refractivity contribution >= 4 is 22.8 Å². The molecule has 0 bridgehead atoms. The second-order valence-electron chi connectivity index (χ2n) is 3.94. The van der Waals surface area contributed by atoms with Crippen LogP contribution in [0, 0.1) is 0 Å². The second-order valence-corrected chi connectivity index (χ2v) is 5.03. The van der Waals surface area contributed by atoms with Crippen molar-refractivity contribution in [1.29, 1.82) is 0 Å². The maximum absolute atomic E-state index is 11.8. The van der Waals surface area contributed by atoms with Crippen LogP contribution in [-0.4, -0.2) is 17.6 Å². The fourth-order valence-corrected chi connectivity index (χ4v) is 2.64. The van der Waals surface area contributed by atoms with Crippen LogP contribution >= 0.6 is 11.8 Å². The molecule has 17 heavy (non-hydrogen) atoms. The number of rotatable bonds is 4. The summed E-state index contributed by atoms with van der Waals surface area (Å²) in [6.07, 6.45) is 2.19. The first-order chi connectivity index (χ1) is 8.31. The number of benzene rings is 1. The minimum Gasteiger partial charge on any atom is -0.304 e. The predicted octanol–water partition coefficient (Wildman–Crippen LogP) is 2.75. The van der Waals surface area contributed by atoms with Crippen LogP contribution in [0.5, 0.6) is 0 Å². The van der Waals surface area contributed by atoms with Crippen molar-refractivity contribution in [1.82, 2.24) is 5.32 Å². The highest BCUT2D eigenvalue weighted by Crippen LogP contribution is 2.33. The predicted molar refractivity (Wildman–Crippen MR) is 72.1 cm³/mol. The molecule has 0 aromatic heterocycles. The molecule has 1 amide bonds. The maximum Gasteiger partial charge on any atom is 0.244 e. The van der Waals surface area contributed by atoms with Gasteiger partial charge < -0.3 is 5.32 Å². The van der Waals surface area contributed by atoms with Gasteiger partial charge in [0.05, 0.1) is 0 Å². The number of carbonyl (C=O) groups excluding carboxylic acids is 1. The topological polar surface area (TPSA) is 41.5 Å². The Labute approximate surface area is 106 Å². The summed E-state index contributed by atoms with van der Waals surface area (Å²) < 4.78 is 0. The molecule has 1 aromatic rings. The first kappa shape index (κ1) is 12.2. The summed E-state index contributed by atoms with van der Waals surface area (Å²) in [7, 11) is 0. The molecule has 3 nitrogen and oxygen atoms in total. The lowest BCUT2D eigenvalue weighted by Crippen LogP contribution is -2.21. The normalized spacial score (nSPS) is 21.8. The molecule has 0 radical (unpaired) electrons. The number of nitrogens with zero attached hydrogens (tertiary/aromatic N) is 1. The molecule has 1 heterocycles. The van der Waals surface area contributed by atoms with Gasteiger partial charge in [0.25, 0.3) is 0 Å². The van der Waals surface area contributed by atoms with E-state index in [1.165, 1.54) is 11.8 Å². The number of thioether (sulfide) groups is 1. The van der Waals surface area contributed by atoms with E-state index >= 15 is 0 Å². The van der Waals surface area contributed by atoms with Crippen LogP contribution in [0.2, 0.25) is 0 Å². The first-order valence-electron chi connectivity index (χ1n) is 5.88. The minimum absolute atomic E-state index is 0.0384. The zero-order chi connectivity index (χ0) is 12.1. The molecule has 0 spiro atoms. The Hall–Kier alpha value is -1.29. The smallest absolute Gasteiger partial charge is 0.244 e. The average Bonchev–Trinajstić information content (AvgIpc) is 2.72. The summed E-state index contributed by atoms with van der Waals surface area (Å²) in [6, 6.07) is 9.82. The van der Waals surface area contributed by atoms with Crippen LogP contribution in [0.4, 0.5) is 0 Å². The highest BCUT2D eigenvalue weighted by molar-refractivity contribution is 8.15. The lowest BCUT2D eigenvalue weighted by molar-refractivity contribution is -0.118. The Balaban J connectivity index is 2.03. The van der Waals surface area contributed by atoms with Crippen LogP contribution < -0.4 is 5.32 Å². The third-order valence-corrected chi connectivity index (χ3v) is 3.74. The molecule has 4 heteroatoms. The molecule has 2 rings (SSSR count). The molecule has 90 valence electrons. The zero-order valence-electron chi connectivity index (χ0n) is 9.85. The highest BCUT2D eigenvalue weighted by atomic mass is 32.2. The molecule has 1 aliphatic rings. The quantitative estimate of drug-likeness (QED) is 0.832. The Morgan fingerprint density at radius 3 is 2.82 bits per heavy atom. The van der Waals surface area contributed by atoms with E-state index in [1.54, 1.807) is 0 Å². The van der Waals surface area contributed by atoms with Gasteiger partial charge in [-0.15, -0.1) is 0 Å². The summed E-state index contributed by atoms with van der Waals surface area (Å²) in [4.78, 5) is 16.2. The number of unbranched alkanes of at least 4 members (excludes halogenated alkanes) is 1. The number of hydrogen-bond acceptors (Lipinski definition) is 3. The van der Waals surface area contributed by atoms with E-state index < -0.39 is 0 Å². The van der Waals surface area contributed by atoms with E-state index in [0.717, 1.165) is 30.1 Å². The Morgan fingerprint density at radius 1 is 1.35 bits per heavy atom. The maximum atomic E-state index is 11.8. The number of nitrogens with one attached hydrogen (secondary N) is 1. The van der Waals surface area contributed by atoms with Crippen molar-refractivity contribution in [3.8, 4) is 0 Å². The van der Waals surface area contributed by atoms with Crippen molar-refractivity contribution in [2.45, 2.75) is 25.0 Å². The highest BCUT2D eigenvalue weighted by Gasteiger charge is 2.31. The number of carbonyl (C=O) groups is 1. The number of hydrogen-bond donors (Lipinski definition) is 1. The SMILES string of the molecule is CCCCN=C1NC(=O)C(c2ccccc2)S1. The lowest BCUT2D eigenvalue weighted by Gasteiger charge is -2.03. The molecule has 0 aliphatic carbocycles. The summed E-state index contributed by atoms with van der Waals surface area (Å²) in [5.74, 6) is 0.0384. The fraction of sp³-hybridized carbons (Fsp3) is 0.385. The molecule has 1 aliphatic heterocycles. The molecular weight excluding hydrogens is 232 g/mol. The summed E-state index contributed by atoms with van der Waals surface area (Å²) in [5, 5.41) is 3.45. The van der Waals surface area contributed by atoms with Gasteiger partial charge in [-0.05, 0) is 12.0 Å².